The van der Waals surface area contributed by atoms with E-state index in [4.69, 9.17) is 4.74 Å². The molecule has 18 heavy (non-hydrogen) atoms. The van der Waals surface area contributed by atoms with Gasteiger partial charge in [-0.25, -0.2) is 8.78 Å². The number of hydrogen-bond acceptors (Lipinski definition) is 3. The number of ether oxygens (including phenoxy) is 1. The molecule has 0 aliphatic carbocycles. The number of methoxy groups -OCH3 is 1. The van der Waals surface area contributed by atoms with Crippen LogP contribution in [0.1, 0.15) is 18.6 Å². The number of anilines is 1. The fourth-order valence-corrected chi connectivity index (χ4v) is 2.15. The zero-order chi connectivity index (χ0) is 13.1. The van der Waals surface area contributed by atoms with Gasteiger partial charge in [0.2, 0.25) is 0 Å². The van der Waals surface area contributed by atoms with Crippen molar-refractivity contribution in [3.05, 3.63) is 29.3 Å². The summed E-state index contributed by atoms with van der Waals surface area (Å²) in [7, 11) is 1.52. The van der Waals surface area contributed by atoms with Crippen LogP contribution in [0.25, 0.3) is 0 Å². The molecule has 3 nitrogen and oxygen atoms in total. The maximum Gasteiger partial charge on any atom is 0.149 e. The molecule has 0 saturated carbocycles. The molecule has 1 fully saturated rings. The maximum atomic E-state index is 14.0. The van der Waals surface area contributed by atoms with Gasteiger partial charge in [-0.1, -0.05) is 0 Å². The normalized spacial score (nSPS) is 17.9. The Morgan fingerprint density at radius 3 is 2.28 bits per heavy atom. The molecule has 1 aromatic carbocycles. The van der Waals surface area contributed by atoms with Crippen LogP contribution in [-0.4, -0.2) is 33.3 Å². The first-order valence-corrected chi connectivity index (χ1v) is 6.11. The van der Waals surface area contributed by atoms with E-state index in [0.717, 1.165) is 13.1 Å². The quantitative estimate of drug-likeness (QED) is 0.896. The second-order valence-electron chi connectivity index (χ2n) is 4.45. The monoisotopic (exact) mass is 256 g/mol. The van der Waals surface area contributed by atoms with Crippen LogP contribution in [0.15, 0.2) is 12.1 Å². The van der Waals surface area contributed by atoms with Gasteiger partial charge in [-0.05, 0) is 24.6 Å². The summed E-state index contributed by atoms with van der Waals surface area (Å²) in [6.07, 6.45) is -0.314. The van der Waals surface area contributed by atoms with Crippen molar-refractivity contribution in [1.29, 1.82) is 0 Å². The Bertz CT molecular complexity index is 396. The average molecular weight is 256 g/mol. The van der Waals surface area contributed by atoms with E-state index in [0.29, 0.717) is 18.7 Å². The highest BCUT2D eigenvalue weighted by Gasteiger charge is 2.20. The Morgan fingerprint density at radius 2 is 1.78 bits per heavy atom. The number of rotatable bonds is 3. The van der Waals surface area contributed by atoms with E-state index in [9.17, 15) is 8.78 Å². The molecule has 100 valence electrons. The summed E-state index contributed by atoms with van der Waals surface area (Å²) in [6, 6.07) is 2.71. The molecule has 0 spiro atoms. The molecule has 2 rings (SSSR count). The lowest BCUT2D eigenvalue weighted by Crippen LogP contribution is -2.44. The minimum Gasteiger partial charge on any atom is -0.377 e. The Hall–Kier alpha value is -1.20. The molecule has 0 amide bonds. The third kappa shape index (κ3) is 2.62. The number of nitrogens with one attached hydrogen (secondary N) is 1. The lowest BCUT2D eigenvalue weighted by atomic mass is 10.1. The predicted molar refractivity (Wildman–Crippen MR) is 66.9 cm³/mol. The van der Waals surface area contributed by atoms with Gasteiger partial charge in [-0.2, -0.15) is 0 Å². The molecule has 1 aliphatic rings. The van der Waals surface area contributed by atoms with Crippen LogP contribution in [0.4, 0.5) is 14.5 Å². The molecule has 1 aliphatic heterocycles. The Balaban J connectivity index is 2.31. The highest BCUT2D eigenvalue weighted by Crippen LogP contribution is 2.28. The summed E-state index contributed by atoms with van der Waals surface area (Å²) in [6.45, 7) is 4.49. The topological polar surface area (TPSA) is 24.5 Å². The fourth-order valence-electron chi connectivity index (χ4n) is 2.15. The van der Waals surface area contributed by atoms with Gasteiger partial charge >= 0.3 is 0 Å². The van der Waals surface area contributed by atoms with E-state index in [1.807, 2.05) is 0 Å². The van der Waals surface area contributed by atoms with Gasteiger partial charge in [0, 0.05) is 33.3 Å². The van der Waals surface area contributed by atoms with Crippen molar-refractivity contribution < 1.29 is 13.5 Å². The van der Waals surface area contributed by atoms with Crippen molar-refractivity contribution >= 4 is 5.69 Å². The number of benzene rings is 1. The van der Waals surface area contributed by atoms with Crippen molar-refractivity contribution in [3.63, 3.8) is 0 Å². The van der Waals surface area contributed by atoms with Gasteiger partial charge in [-0.3, -0.25) is 0 Å². The Morgan fingerprint density at radius 1 is 1.22 bits per heavy atom. The predicted octanol–water partition coefficient (Wildman–Crippen LogP) is 2.08. The molecule has 1 heterocycles. The van der Waals surface area contributed by atoms with Gasteiger partial charge in [0.05, 0.1) is 6.10 Å². The van der Waals surface area contributed by atoms with Crippen molar-refractivity contribution in [1.82, 2.24) is 5.32 Å². The molecular weight excluding hydrogens is 238 g/mol. The van der Waals surface area contributed by atoms with E-state index in [1.54, 1.807) is 11.8 Å². The second-order valence-corrected chi connectivity index (χ2v) is 4.45. The third-order valence-corrected chi connectivity index (χ3v) is 3.30. The number of nitrogens with zero attached hydrogens (tertiary/aromatic N) is 1. The van der Waals surface area contributed by atoms with Gasteiger partial charge < -0.3 is 15.0 Å². The second kappa shape index (κ2) is 5.63. The van der Waals surface area contributed by atoms with E-state index in [1.165, 1.54) is 19.2 Å². The highest BCUT2D eigenvalue weighted by atomic mass is 19.1. The lowest BCUT2D eigenvalue weighted by Gasteiger charge is -2.30. The molecule has 0 bridgehead atoms. The molecule has 0 radical (unpaired) electrons. The summed E-state index contributed by atoms with van der Waals surface area (Å²) < 4.78 is 33.1. The summed E-state index contributed by atoms with van der Waals surface area (Å²) in [5.74, 6) is -1.04. The van der Waals surface area contributed by atoms with Crippen molar-refractivity contribution in [3.8, 4) is 0 Å². The molecule has 1 atom stereocenters. The minimum absolute atomic E-state index is 0.0727. The first-order valence-electron chi connectivity index (χ1n) is 6.11. The van der Waals surface area contributed by atoms with E-state index < -0.39 is 11.6 Å². The maximum absolute atomic E-state index is 14.0. The molecule has 5 heteroatoms. The van der Waals surface area contributed by atoms with Gasteiger partial charge in [0.1, 0.15) is 17.3 Å². The van der Waals surface area contributed by atoms with Gasteiger partial charge in [-0.15, -0.1) is 0 Å². The van der Waals surface area contributed by atoms with Crippen LogP contribution >= 0.6 is 0 Å². The molecular formula is C13H18F2N2O. The number of piperazine rings is 1. The van der Waals surface area contributed by atoms with Crippen molar-refractivity contribution in [2.24, 2.45) is 0 Å². The fraction of sp³-hybridized carbons (Fsp3) is 0.538. The SMILES string of the molecule is COC(C)c1cc(F)c(N2CCNCC2)c(F)c1. The first kappa shape index (κ1) is 13.2. The van der Waals surface area contributed by atoms with Crippen molar-refractivity contribution in [2.45, 2.75) is 13.0 Å². The number of halogens is 2. The zero-order valence-corrected chi connectivity index (χ0v) is 10.7. The van der Waals surface area contributed by atoms with E-state index in [2.05, 4.69) is 5.32 Å². The molecule has 1 saturated heterocycles. The summed E-state index contributed by atoms with van der Waals surface area (Å²) >= 11 is 0. The summed E-state index contributed by atoms with van der Waals surface area (Å²) in [5, 5.41) is 3.16. The number of hydrogen-bond donors (Lipinski definition) is 1. The van der Waals surface area contributed by atoms with Gasteiger partial charge in [0.15, 0.2) is 0 Å². The largest absolute Gasteiger partial charge is 0.377 e. The molecule has 1 N–H and O–H groups in total. The molecule has 1 aromatic rings. The lowest BCUT2D eigenvalue weighted by molar-refractivity contribution is 0.119. The van der Waals surface area contributed by atoms with Crippen LogP contribution in [0.3, 0.4) is 0 Å². The first-order chi connectivity index (χ1) is 8.63. The molecule has 0 aromatic heterocycles. The summed E-state index contributed by atoms with van der Waals surface area (Å²) in [5.41, 5.74) is 0.593. The highest BCUT2D eigenvalue weighted by molar-refractivity contribution is 5.51. The Kier molecular flexibility index (Phi) is 4.14. The summed E-state index contributed by atoms with van der Waals surface area (Å²) in [4.78, 5) is 1.74. The van der Waals surface area contributed by atoms with Crippen LogP contribution in [-0.2, 0) is 4.74 Å². The van der Waals surface area contributed by atoms with Crippen LogP contribution < -0.4 is 10.2 Å². The van der Waals surface area contributed by atoms with E-state index >= 15 is 0 Å². The molecule has 1 unspecified atom stereocenters. The Labute approximate surface area is 106 Å². The minimum atomic E-state index is -0.518. The smallest absolute Gasteiger partial charge is 0.149 e. The van der Waals surface area contributed by atoms with Crippen LogP contribution in [0.5, 0.6) is 0 Å². The van der Waals surface area contributed by atoms with Crippen LogP contribution in [0, 0.1) is 11.6 Å². The van der Waals surface area contributed by atoms with E-state index in [-0.39, 0.29) is 11.8 Å². The van der Waals surface area contributed by atoms with Crippen LogP contribution in [0.2, 0.25) is 0 Å². The third-order valence-electron chi connectivity index (χ3n) is 3.30. The van der Waals surface area contributed by atoms with Gasteiger partial charge in [0.25, 0.3) is 0 Å². The zero-order valence-electron chi connectivity index (χ0n) is 10.7. The standard InChI is InChI=1S/C13H18F2N2O/c1-9(18-2)10-7-11(14)13(12(15)8-10)17-5-3-16-4-6-17/h7-9,16H,3-6H2,1-2H3. The average Bonchev–Trinajstić information content (AvgIpc) is 2.38. The van der Waals surface area contributed by atoms with Crippen molar-refractivity contribution in [2.75, 3.05) is 38.2 Å².